The minimum Gasteiger partial charge on any atom is -0.508 e. The number of amides is 3. The van der Waals surface area contributed by atoms with Crippen molar-refractivity contribution < 1.29 is 58.6 Å². The van der Waals surface area contributed by atoms with Gasteiger partial charge in [0, 0.05) is 67.9 Å². The lowest BCUT2D eigenvalue weighted by molar-refractivity contribution is -0.142. The second-order valence-electron chi connectivity index (χ2n) is 22.0. The molecule has 0 aromatic heterocycles. The van der Waals surface area contributed by atoms with Gasteiger partial charge in [-0.05, 0) is 145 Å². The van der Waals surface area contributed by atoms with Gasteiger partial charge in [0.1, 0.15) is 40.2 Å². The lowest BCUT2D eigenvalue weighted by Gasteiger charge is -2.41. The van der Waals surface area contributed by atoms with Crippen LogP contribution in [-0.2, 0) is 35.5 Å². The van der Waals surface area contributed by atoms with E-state index in [9.17, 15) is 39.6 Å². The van der Waals surface area contributed by atoms with Crippen LogP contribution in [0.2, 0.25) is 0 Å². The van der Waals surface area contributed by atoms with E-state index in [0.29, 0.717) is 91.1 Å². The van der Waals surface area contributed by atoms with Gasteiger partial charge in [-0.1, -0.05) is 46.6 Å². The second kappa shape index (κ2) is 23.3. The third kappa shape index (κ3) is 12.5. The van der Waals surface area contributed by atoms with Crippen molar-refractivity contribution in [1.82, 2.24) is 14.7 Å². The monoisotopic (exact) mass is 1010 g/mol. The summed E-state index contributed by atoms with van der Waals surface area (Å²) in [4.78, 5) is 59.7. The maximum Gasteiger partial charge on any atom is 0.415 e. The quantitative estimate of drug-likeness (QED) is 0.0919. The number of phenolic OH excluding ortho intramolecular Hbond substituents is 1. The van der Waals surface area contributed by atoms with Crippen molar-refractivity contribution in [2.24, 2.45) is 0 Å². The Labute approximate surface area is 431 Å². The van der Waals surface area contributed by atoms with E-state index in [0.717, 1.165) is 25.7 Å². The molecule has 2 aromatic carbocycles. The number of rotatable bonds is 20. The number of hydrogen-bond donors (Lipinski definition) is 4. The summed E-state index contributed by atoms with van der Waals surface area (Å²) in [6, 6.07) is 1.56. The van der Waals surface area contributed by atoms with Crippen LogP contribution in [0.4, 0.5) is 4.79 Å². The van der Waals surface area contributed by atoms with Gasteiger partial charge in [-0.3, -0.25) is 9.59 Å². The van der Waals surface area contributed by atoms with Crippen molar-refractivity contribution in [2.75, 3.05) is 26.8 Å². The molecular weight excluding hydrogens is 931 g/mol. The van der Waals surface area contributed by atoms with E-state index in [1.54, 1.807) is 22.9 Å². The summed E-state index contributed by atoms with van der Waals surface area (Å²) in [6.45, 7) is 17.5. The molecule has 5 atom stereocenters. The third-order valence-corrected chi connectivity index (χ3v) is 15.7. The Hall–Kier alpha value is -5.64. The molecule has 0 saturated carbocycles. The van der Waals surface area contributed by atoms with Gasteiger partial charge in [-0.15, -0.1) is 0 Å². The number of phenols is 1. The van der Waals surface area contributed by atoms with E-state index in [1.165, 1.54) is 33.3 Å². The molecule has 1 fully saturated rings. The molecule has 2 aromatic rings. The van der Waals surface area contributed by atoms with Gasteiger partial charge in [-0.25, -0.2) is 9.59 Å². The number of allylic oxidation sites excluding steroid dienone is 8. The highest BCUT2D eigenvalue weighted by Crippen LogP contribution is 2.49. The molecular formula is C58H79N3O12. The van der Waals surface area contributed by atoms with Gasteiger partial charge in [0.2, 0.25) is 0 Å². The summed E-state index contributed by atoms with van der Waals surface area (Å²) >= 11 is 0. The fourth-order valence-electron chi connectivity index (χ4n) is 10.9. The van der Waals surface area contributed by atoms with Crippen LogP contribution in [0.25, 0.3) is 0 Å². The molecule has 0 aliphatic carbocycles. The number of carbonyl (C=O) groups excluding carboxylic acids is 3. The lowest BCUT2D eigenvalue weighted by Crippen LogP contribution is -2.49. The number of aliphatic hydroxyl groups is 2. The average Bonchev–Trinajstić information content (AvgIpc) is 3.82. The number of carboxylic acid groups (broad SMARTS) is 1. The number of aliphatic carboxylic acids is 1. The highest BCUT2D eigenvalue weighted by Gasteiger charge is 2.47. The molecule has 5 heterocycles. The first-order valence-corrected chi connectivity index (χ1v) is 26.3. The van der Waals surface area contributed by atoms with Gasteiger partial charge in [0.05, 0.1) is 36.4 Å². The fourth-order valence-corrected chi connectivity index (χ4v) is 10.9. The van der Waals surface area contributed by atoms with Crippen molar-refractivity contribution in [3.8, 4) is 23.0 Å². The zero-order chi connectivity index (χ0) is 52.9. The van der Waals surface area contributed by atoms with Crippen molar-refractivity contribution in [3.05, 3.63) is 92.1 Å². The van der Waals surface area contributed by atoms with Crippen molar-refractivity contribution >= 4 is 23.9 Å². The maximum atomic E-state index is 14.4. The average molecular weight is 1010 g/mol. The van der Waals surface area contributed by atoms with Crippen LogP contribution in [-0.4, -0.2) is 121 Å². The molecule has 0 bridgehead atoms. The Morgan fingerprint density at radius 1 is 0.767 bits per heavy atom. The first-order valence-electron chi connectivity index (χ1n) is 26.3. The SMILES string of the molecule is CC(C)=CCC/C(C)=C/CC[C@@]1(C)Oc2c(c(O)cc3c2CN([C@@H](CCCN2Cc4c(cc(OC(=O)N(C)C5CCOCC5)c5c4O[C@](C)(CC/C=C(\C)CCC=C(C)C)[C@@H](O)C5)C2=O)C(=O)O)C3=O)C[C@@H]1O. The van der Waals surface area contributed by atoms with Crippen molar-refractivity contribution in [1.29, 1.82) is 0 Å². The minimum absolute atomic E-state index is 0.0154. The number of fused-ring (bicyclic) bond motifs is 6. The summed E-state index contributed by atoms with van der Waals surface area (Å²) in [6.07, 6.45) is 14.1. The molecule has 1 saturated heterocycles. The Bertz CT molecular complexity index is 2550. The van der Waals surface area contributed by atoms with Gasteiger partial charge in [-0.2, -0.15) is 0 Å². The predicted octanol–water partition coefficient (Wildman–Crippen LogP) is 9.90. The van der Waals surface area contributed by atoms with E-state index < -0.39 is 47.4 Å². The van der Waals surface area contributed by atoms with Crippen LogP contribution in [0.3, 0.4) is 0 Å². The predicted molar refractivity (Wildman–Crippen MR) is 278 cm³/mol. The number of aliphatic hydroxyl groups excluding tert-OH is 2. The highest BCUT2D eigenvalue weighted by atomic mass is 16.6. The van der Waals surface area contributed by atoms with Crippen LogP contribution in [0.5, 0.6) is 23.0 Å². The fraction of sp³-hybridized carbons (Fsp3) is 0.586. The summed E-state index contributed by atoms with van der Waals surface area (Å²) in [7, 11) is 1.68. The highest BCUT2D eigenvalue weighted by molar-refractivity contribution is 6.02. The Balaban J connectivity index is 1.06. The van der Waals surface area contributed by atoms with Crippen LogP contribution in [0, 0.1) is 0 Å². The zero-order valence-corrected chi connectivity index (χ0v) is 44.6. The normalized spacial score (nSPS) is 23.2. The molecule has 0 unspecified atom stereocenters. The van der Waals surface area contributed by atoms with E-state index in [1.807, 2.05) is 13.8 Å². The number of ether oxygens (including phenoxy) is 4. The Kier molecular flexibility index (Phi) is 17.6. The summed E-state index contributed by atoms with van der Waals surface area (Å²) < 4.78 is 25.0. The van der Waals surface area contributed by atoms with Gasteiger partial charge >= 0.3 is 12.1 Å². The molecule has 15 heteroatoms. The molecule has 0 spiro atoms. The van der Waals surface area contributed by atoms with E-state index in [2.05, 4.69) is 65.8 Å². The number of nitrogens with zero attached hydrogens (tertiary/aromatic N) is 3. The van der Waals surface area contributed by atoms with E-state index >= 15 is 0 Å². The first-order chi connectivity index (χ1) is 34.6. The van der Waals surface area contributed by atoms with Crippen LogP contribution in [0.15, 0.2) is 58.7 Å². The second-order valence-corrected chi connectivity index (χ2v) is 22.0. The van der Waals surface area contributed by atoms with Crippen LogP contribution < -0.4 is 14.2 Å². The summed E-state index contributed by atoms with van der Waals surface area (Å²) in [5.74, 6) is -1.43. The Morgan fingerprint density at radius 2 is 1.30 bits per heavy atom. The number of hydrogen-bond acceptors (Lipinski definition) is 11. The zero-order valence-electron chi connectivity index (χ0n) is 44.6. The molecule has 4 N–H and O–H groups in total. The topological polar surface area (TPSA) is 196 Å². The van der Waals surface area contributed by atoms with Crippen molar-refractivity contribution in [3.63, 3.8) is 0 Å². The number of carboxylic acids is 1. The molecule has 5 aliphatic rings. The molecule has 15 nitrogen and oxygen atoms in total. The number of benzene rings is 2. The number of aromatic hydroxyl groups is 1. The molecule has 3 amide bonds. The van der Waals surface area contributed by atoms with Crippen molar-refractivity contribution in [2.45, 2.75) is 194 Å². The summed E-state index contributed by atoms with van der Waals surface area (Å²) in [5.41, 5.74) is 5.40. The maximum absolute atomic E-state index is 14.4. The molecule has 7 rings (SSSR count). The van der Waals surface area contributed by atoms with E-state index in [-0.39, 0.29) is 74.3 Å². The standard InChI is InChI=1S/C58H79N3O12/c1-35(2)15-10-17-37(5)19-12-24-57(7)49(63)31-42-47(62)29-40-45(51(42)72-57)34-61(54(40)66)46(55(67)68)21-14-26-60-33-44-41(53(60)65)30-48(71-56(69)59(9)39-22-27-70-28-23-39)43-32-50(64)58(8,73-52(43)44)25-13-20-38(6)18-11-16-36(3)4/h15-16,19-20,29-30,39,46,49-50,62-64H,10-14,17-18,21-28,31-34H2,1-9H3,(H,67,68)/b37-19+,38-20+/t46-,49-,50-,57+,58+/m0/s1. The van der Waals surface area contributed by atoms with E-state index in [4.69, 9.17) is 18.9 Å². The van der Waals surface area contributed by atoms with Crippen LogP contribution in [0.1, 0.15) is 175 Å². The third-order valence-electron chi connectivity index (χ3n) is 15.7. The lowest BCUT2D eigenvalue weighted by atomic mass is 9.84. The smallest absolute Gasteiger partial charge is 0.415 e. The molecule has 5 aliphatic heterocycles. The molecule has 398 valence electrons. The van der Waals surface area contributed by atoms with Gasteiger partial charge in [0.15, 0.2) is 0 Å². The molecule has 0 radical (unpaired) electrons. The first kappa shape index (κ1) is 55.1. The van der Waals surface area contributed by atoms with Gasteiger partial charge in [0.25, 0.3) is 11.8 Å². The number of carbonyl (C=O) groups is 4. The summed E-state index contributed by atoms with van der Waals surface area (Å²) in [5, 5.41) is 44.9. The van der Waals surface area contributed by atoms with Gasteiger partial charge < -0.3 is 54.1 Å². The van der Waals surface area contributed by atoms with Crippen LogP contribution >= 0.6 is 0 Å². The minimum atomic E-state index is -1.26. The Morgan fingerprint density at radius 3 is 1.86 bits per heavy atom. The molecule has 73 heavy (non-hydrogen) atoms. The largest absolute Gasteiger partial charge is 0.508 e.